The van der Waals surface area contributed by atoms with Gasteiger partial charge >= 0.3 is 0 Å². The first-order valence-corrected chi connectivity index (χ1v) is 7.71. The Kier molecular flexibility index (Phi) is 3.48. The monoisotopic (exact) mass is 281 g/mol. The molecule has 0 aliphatic carbocycles. The van der Waals surface area contributed by atoms with E-state index in [9.17, 15) is 8.42 Å². The summed E-state index contributed by atoms with van der Waals surface area (Å²) < 4.78 is 24.2. The molecule has 0 radical (unpaired) electrons. The first-order valence-electron chi connectivity index (χ1n) is 5.65. The maximum absolute atomic E-state index is 11.2. The molecule has 1 aromatic carbocycles. The second-order valence-electron chi connectivity index (χ2n) is 4.40. The van der Waals surface area contributed by atoms with E-state index in [-0.39, 0.29) is 11.6 Å². The van der Waals surface area contributed by atoms with Crippen LogP contribution in [0.5, 0.6) is 0 Å². The highest BCUT2D eigenvalue weighted by atomic mass is 32.2. The molecule has 6 nitrogen and oxygen atoms in total. The van der Waals surface area contributed by atoms with Crippen molar-refractivity contribution in [1.82, 2.24) is 4.57 Å². The highest BCUT2D eigenvalue weighted by Crippen LogP contribution is 2.17. The van der Waals surface area contributed by atoms with Crippen molar-refractivity contribution in [1.29, 1.82) is 0 Å². The number of oxime groups is 1. The Bertz CT molecular complexity index is 732. The first kappa shape index (κ1) is 13.4. The molecule has 0 atom stereocenters. The molecule has 102 valence electrons. The van der Waals surface area contributed by atoms with Crippen LogP contribution in [0.3, 0.4) is 0 Å². The largest absolute Gasteiger partial charge is 0.409 e. The van der Waals surface area contributed by atoms with Gasteiger partial charge in [-0.25, -0.2) is 8.42 Å². The lowest BCUT2D eigenvalue weighted by molar-refractivity contribution is 0.318. The summed E-state index contributed by atoms with van der Waals surface area (Å²) in [5.74, 6) is 0.143. The van der Waals surface area contributed by atoms with E-state index >= 15 is 0 Å². The molecule has 3 N–H and O–H groups in total. The SMILES string of the molecule is CS(=O)(=O)CCn1ccc2cc(/C(N)=N/O)ccc21. The molecule has 7 heteroatoms. The zero-order chi connectivity index (χ0) is 14.0. The molecule has 1 heterocycles. The van der Waals surface area contributed by atoms with Crippen molar-refractivity contribution in [3.05, 3.63) is 36.0 Å². The lowest BCUT2D eigenvalue weighted by Crippen LogP contribution is -2.13. The van der Waals surface area contributed by atoms with Crippen molar-refractivity contribution < 1.29 is 13.6 Å². The summed E-state index contributed by atoms with van der Waals surface area (Å²) in [5.41, 5.74) is 7.06. The number of aryl methyl sites for hydroxylation is 1. The van der Waals surface area contributed by atoms with Crippen LogP contribution in [-0.4, -0.2) is 36.0 Å². The van der Waals surface area contributed by atoms with Crippen molar-refractivity contribution >= 4 is 26.6 Å². The van der Waals surface area contributed by atoms with E-state index in [1.807, 2.05) is 22.9 Å². The molecule has 0 fully saturated rings. The number of nitrogens with two attached hydrogens (primary N) is 1. The zero-order valence-corrected chi connectivity index (χ0v) is 11.3. The number of aromatic nitrogens is 1. The fraction of sp³-hybridized carbons (Fsp3) is 0.250. The van der Waals surface area contributed by atoms with Gasteiger partial charge < -0.3 is 15.5 Å². The Balaban J connectivity index is 2.34. The van der Waals surface area contributed by atoms with Gasteiger partial charge in [-0.05, 0) is 24.3 Å². The van der Waals surface area contributed by atoms with E-state index in [0.29, 0.717) is 12.1 Å². The molecule has 2 aromatic rings. The quantitative estimate of drug-likeness (QED) is 0.374. The van der Waals surface area contributed by atoms with Crippen molar-refractivity contribution in [3.8, 4) is 0 Å². The molecule has 1 aromatic heterocycles. The Hall–Kier alpha value is -2.02. The van der Waals surface area contributed by atoms with Gasteiger partial charge in [0.1, 0.15) is 9.84 Å². The van der Waals surface area contributed by atoms with E-state index in [1.54, 1.807) is 12.1 Å². The molecule has 0 unspecified atom stereocenters. The predicted molar refractivity (Wildman–Crippen MR) is 74.2 cm³/mol. The molecule has 0 saturated carbocycles. The maximum atomic E-state index is 11.2. The number of hydrogen-bond donors (Lipinski definition) is 2. The van der Waals surface area contributed by atoms with Crippen LogP contribution in [0.4, 0.5) is 0 Å². The fourth-order valence-corrected chi connectivity index (χ4v) is 2.40. The van der Waals surface area contributed by atoms with Crippen molar-refractivity contribution in [2.45, 2.75) is 6.54 Å². The molecular formula is C12H15N3O3S. The predicted octanol–water partition coefficient (Wildman–Crippen LogP) is 0.780. The highest BCUT2D eigenvalue weighted by Gasteiger charge is 2.07. The van der Waals surface area contributed by atoms with Crippen molar-refractivity contribution in [3.63, 3.8) is 0 Å². The minimum Gasteiger partial charge on any atom is -0.409 e. The number of amidine groups is 1. The molecule has 0 amide bonds. The summed E-state index contributed by atoms with van der Waals surface area (Å²) in [4.78, 5) is 0. The number of rotatable bonds is 4. The number of benzene rings is 1. The third kappa shape index (κ3) is 3.05. The lowest BCUT2D eigenvalue weighted by atomic mass is 10.1. The summed E-state index contributed by atoms with van der Waals surface area (Å²) in [6.45, 7) is 0.408. The Morgan fingerprint density at radius 1 is 1.42 bits per heavy atom. The molecule has 0 aliphatic heterocycles. The van der Waals surface area contributed by atoms with Crippen LogP contribution in [0, 0.1) is 0 Å². The van der Waals surface area contributed by atoms with Crippen LogP contribution in [0.15, 0.2) is 35.6 Å². The minimum atomic E-state index is -2.99. The van der Waals surface area contributed by atoms with Crippen LogP contribution in [0.1, 0.15) is 5.56 Å². The third-order valence-corrected chi connectivity index (χ3v) is 3.80. The van der Waals surface area contributed by atoms with E-state index in [2.05, 4.69) is 5.16 Å². The van der Waals surface area contributed by atoms with Gasteiger partial charge in [0.15, 0.2) is 5.84 Å². The molecule has 19 heavy (non-hydrogen) atoms. The first-order chi connectivity index (χ1) is 8.90. The van der Waals surface area contributed by atoms with Gasteiger partial charge in [0.05, 0.1) is 5.75 Å². The van der Waals surface area contributed by atoms with Gasteiger partial charge in [0.25, 0.3) is 0 Å². The van der Waals surface area contributed by atoms with Crippen LogP contribution >= 0.6 is 0 Å². The van der Waals surface area contributed by atoms with Gasteiger partial charge in [-0.2, -0.15) is 0 Å². The van der Waals surface area contributed by atoms with E-state index in [1.165, 1.54) is 6.26 Å². The topological polar surface area (TPSA) is 97.7 Å². The number of hydrogen-bond acceptors (Lipinski definition) is 4. The van der Waals surface area contributed by atoms with Gasteiger partial charge in [-0.15, -0.1) is 0 Å². The van der Waals surface area contributed by atoms with Gasteiger partial charge in [0, 0.05) is 35.5 Å². The summed E-state index contributed by atoms with van der Waals surface area (Å²) in [6.07, 6.45) is 3.04. The number of fused-ring (bicyclic) bond motifs is 1. The number of nitrogens with zero attached hydrogens (tertiary/aromatic N) is 2. The molecular weight excluding hydrogens is 266 g/mol. The molecule has 0 spiro atoms. The summed E-state index contributed by atoms with van der Waals surface area (Å²) in [7, 11) is -2.99. The smallest absolute Gasteiger partial charge is 0.170 e. The Morgan fingerprint density at radius 3 is 2.79 bits per heavy atom. The van der Waals surface area contributed by atoms with Crippen LogP contribution in [0.25, 0.3) is 10.9 Å². The minimum absolute atomic E-state index is 0.0470. The third-order valence-electron chi connectivity index (χ3n) is 2.88. The highest BCUT2D eigenvalue weighted by molar-refractivity contribution is 7.90. The van der Waals surface area contributed by atoms with Crippen LogP contribution in [-0.2, 0) is 16.4 Å². The Morgan fingerprint density at radius 2 is 2.16 bits per heavy atom. The zero-order valence-electron chi connectivity index (χ0n) is 10.4. The normalized spacial score (nSPS) is 13.0. The van der Waals surface area contributed by atoms with Gasteiger partial charge in [0.2, 0.25) is 0 Å². The fourth-order valence-electron chi connectivity index (χ4n) is 1.88. The van der Waals surface area contributed by atoms with Gasteiger partial charge in [-0.3, -0.25) is 0 Å². The van der Waals surface area contributed by atoms with Crippen molar-refractivity contribution in [2.75, 3.05) is 12.0 Å². The number of sulfone groups is 1. The second-order valence-corrected chi connectivity index (χ2v) is 6.66. The Labute approximate surface area is 111 Å². The molecule has 2 rings (SSSR count). The van der Waals surface area contributed by atoms with Crippen molar-refractivity contribution in [2.24, 2.45) is 10.9 Å². The molecule has 0 aliphatic rings. The van der Waals surface area contributed by atoms with Crippen LogP contribution < -0.4 is 5.73 Å². The van der Waals surface area contributed by atoms with Gasteiger partial charge in [-0.1, -0.05) is 5.16 Å². The summed E-state index contributed by atoms with van der Waals surface area (Å²) >= 11 is 0. The standard InChI is InChI=1S/C12H15N3O3S/c1-19(17,18)7-6-15-5-4-9-8-10(12(13)14-16)2-3-11(9)15/h2-5,8,16H,6-7H2,1H3,(H2,13,14). The summed E-state index contributed by atoms with van der Waals surface area (Å²) in [5, 5.41) is 12.5. The maximum Gasteiger partial charge on any atom is 0.170 e. The summed E-state index contributed by atoms with van der Waals surface area (Å²) in [6, 6.07) is 7.21. The van der Waals surface area contributed by atoms with Crippen LogP contribution in [0.2, 0.25) is 0 Å². The average molecular weight is 281 g/mol. The second kappa shape index (κ2) is 4.93. The van der Waals surface area contributed by atoms with E-state index in [4.69, 9.17) is 10.9 Å². The molecule has 0 bridgehead atoms. The molecule has 0 saturated heterocycles. The van der Waals surface area contributed by atoms with E-state index in [0.717, 1.165) is 10.9 Å². The lowest BCUT2D eigenvalue weighted by Gasteiger charge is -2.05. The van der Waals surface area contributed by atoms with E-state index < -0.39 is 9.84 Å². The average Bonchev–Trinajstić information content (AvgIpc) is 2.76.